The molecule has 0 unspecified atom stereocenters. The maximum Gasteiger partial charge on any atom is 0.200 e. The lowest BCUT2D eigenvalue weighted by Gasteiger charge is -2.29. The number of phenolic OH excluding ortho intramolecular Hbond substituents is 12. The zero-order valence-electron chi connectivity index (χ0n) is 31.4. The van der Waals surface area contributed by atoms with Gasteiger partial charge in [-0.25, -0.2) is 0 Å². The third kappa shape index (κ3) is 9.65. The average Bonchev–Trinajstić information content (AvgIpc) is 3.18. The largest absolute Gasteiger partial charge is 0.508 e. The smallest absolute Gasteiger partial charge is 0.200 e. The van der Waals surface area contributed by atoms with E-state index < -0.39 is 34.5 Å². The molecule has 2 atom stereocenters. The van der Waals surface area contributed by atoms with Crippen LogP contribution in [0.4, 0.5) is 0 Å². The van der Waals surface area contributed by atoms with Crippen molar-refractivity contribution in [2.24, 2.45) is 5.92 Å². The van der Waals surface area contributed by atoms with Crippen molar-refractivity contribution in [3.05, 3.63) is 142 Å². The Bertz CT molecular complexity index is 2380. The summed E-state index contributed by atoms with van der Waals surface area (Å²) in [4.78, 5) is 0. The van der Waals surface area contributed by atoms with Crippen molar-refractivity contribution in [1.29, 1.82) is 0 Å². The lowest BCUT2D eigenvalue weighted by molar-refractivity contribution is 0.367. The Balaban J connectivity index is 1.29. The molecule has 0 aromatic heterocycles. The molecule has 0 bridgehead atoms. The van der Waals surface area contributed by atoms with Crippen LogP contribution in [0, 0.1) is 5.92 Å². The number of hydrogen-bond acceptors (Lipinski definition) is 12. The maximum atomic E-state index is 11.2. The van der Waals surface area contributed by atoms with Crippen LogP contribution in [0.3, 0.4) is 0 Å². The predicted octanol–water partition coefficient (Wildman–Crippen LogP) is 7.54. The Morgan fingerprint density at radius 2 is 0.724 bits per heavy atom. The molecule has 0 radical (unpaired) electrons. The number of hydrogen-bond donors (Lipinski definition) is 12. The number of rotatable bonds is 15. The Hall–Kier alpha value is -7.08. The lowest BCUT2D eigenvalue weighted by atomic mass is 9.75. The number of aromatic hydroxyl groups is 12. The molecule has 0 fully saturated rings. The summed E-state index contributed by atoms with van der Waals surface area (Å²) in [6.45, 7) is 0. The van der Waals surface area contributed by atoms with Gasteiger partial charge in [0.2, 0.25) is 0 Å². The summed E-state index contributed by atoms with van der Waals surface area (Å²) in [5, 5.41) is 122. The highest BCUT2D eigenvalue weighted by Gasteiger charge is 2.26. The number of aryl methyl sites for hydroxylation is 5. The summed E-state index contributed by atoms with van der Waals surface area (Å²) in [5.41, 5.74) is 5.43. The molecular formula is C46H46O12. The minimum Gasteiger partial charge on any atom is -0.508 e. The first-order valence-electron chi connectivity index (χ1n) is 18.8. The maximum absolute atomic E-state index is 11.2. The van der Waals surface area contributed by atoms with Crippen LogP contribution in [0.5, 0.6) is 69.0 Å². The molecule has 0 amide bonds. The van der Waals surface area contributed by atoms with Gasteiger partial charge in [0.1, 0.15) is 11.5 Å². The zero-order chi connectivity index (χ0) is 41.7. The van der Waals surface area contributed by atoms with Crippen molar-refractivity contribution in [2.75, 3.05) is 0 Å². The van der Waals surface area contributed by atoms with Crippen molar-refractivity contribution < 1.29 is 61.3 Å². The van der Waals surface area contributed by atoms with Gasteiger partial charge in [-0.2, -0.15) is 0 Å². The van der Waals surface area contributed by atoms with Gasteiger partial charge in [-0.05, 0) is 168 Å². The summed E-state index contributed by atoms with van der Waals surface area (Å²) in [6, 6.07) is 25.4. The van der Waals surface area contributed by atoms with Crippen molar-refractivity contribution in [3.8, 4) is 69.0 Å². The fraction of sp³-hybridized carbons (Fsp3) is 0.217. The number of phenols is 12. The van der Waals surface area contributed by atoms with Crippen LogP contribution in [0.15, 0.2) is 97.1 Å². The molecule has 6 rings (SSSR count). The first kappa shape index (κ1) is 40.6. The fourth-order valence-electron chi connectivity index (χ4n) is 7.47. The second-order valence-electron chi connectivity index (χ2n) is 14.8. The van der Waals surface area contributed by atoms with Crippen molar-refractivity contribution in [1.82, 2.24) is 0 Å². The van der Waals surface area contributed by atoms with E-state index in [9.17, 15) is 61.3 Å². The Morgan fingerprint density at radius 1 is 0.310 bits per heavy atom. The van der Waals surface area contributed by atoms with Gasteiger partial charge >= 0.3 is 0 Å². The topological polar surface area (TPSA) is 243 Å². The first-order valence-corrected chi connectivity index (χ1v) is 18.8. The molecule has 0 aliphatic carbocycles. The Morgan fingerprint density at radius 3 is 1.19 bits per heavy atom. The summed E-state index contributed by atoms with van der Waals surface area (Å²) in [7, 11) is 0. The van der Waals surface area contributed by atoms with E-state index in [0.29, 0.717) is 79.2 Å². The van der Waals surface area contributed by atoms with E-state index in [4.69, 9.17) is 0 Å². The zero-order valence-corrected chi connectivity index (χ0v) is 31.4. The lowest BCUT2D eigenvalue weighted by Crippen LogP contribution is -2.19. The van der Waals surface area contributed by atoms with Crippen LogP contribution in [0.2, 0.25) is 0 Å². The van der Waals surface area contributed by atoms with Gasteiger partial charge in [-0.15, -0.1) is 0 Å². The highest BCUT2D eigenvalue weighted by atomic mass is 16.3. The summed E-state index contributed by atoms with van der Waals surface area (Å²) in [6.07, 6.45) is 3.32. The molecule has 0 saturated carbocycles. The SMILES string of the molecule is Oc1ccc(CC[C@@H](Cc2ccc(CCc3cc(O)c(O)c(O)c3)c(O)c2)[C@H](Cc2ccc(CCc3cc(O)c(O)c(O)c3)c(O)c2)c2ccc(O)c(O)c2)cc1O. The van der Waals surface area contributed by atoms with Gasteiger partial charge in [0.05, 0.1) is 0 Å². The molecular weight excluding hydrogens is 744 g/mol. The third-order valence-electron chi connectivity index (χ3n) is 10.7. The van der Waals surface area contributed by atoms with Gasteiger partial charge in [-0.3, -0.25) is 0 Å². The van der Waals surface area contributed by atoms with Crippen LogP contribution in [0.1, 0.15) is 56.8 Å². The molecule has 58 heavy (non-hydrogen) atoms. The Labute approximate surface area is 334 Å². The molecule has 6 aromatic carbocycles. The van der Waals surface area contributed by atoms with Crippen LogP contribution in [0.25, 0.3) is 0 Å². The monoisotopic (exact) mass is 790 g/mol. The highest BCUT2D eigenvalue weighted by Crippen LogP contribution is 2.41. The van der Waals surface area contributed by atoms with E-state index in [1.54, 1.807) is 36.4 Å². The molecule has 12 nitrogen and oxygen atoms in total. The van der Waals surface area contributed by atoms with Crippen LogP contribution in [-0.4, -0.2) is 61.3 Å². The minimum absolute atomic E-state index is 0.0337. The second-order valence-corrected chi connectivity index (χ2v) is 14.8. The number of benzene rings is 6. The van der Waals surface area contributed by atoms with E-state index in [1.165, 1.54) is 48.5 Å². The molecule has 0 aliphatic heterocycles. The fourth-order valence-corrected chi connectivity index (χ4v) is 7.47. The van der Waals surface area contributed by atoms with E-state index in [0.717, 1.165) is 16.7 Å². The molecule has 12 heteroatoms. The van der Waals surface area contributed by atoms with Crippen molar-refractivity contribution in [3.63, 3.8) is 0 Å². The molecule has 302 valence electrons. The van der Waals surface area contributed by atoms with Gasteiger partial charge in [0.15, 0.2) is 57.5 Å². The third-order valence-corrected chi connectivity index (χ3v) is 10.7. The Kier molecular flexibility index (Phi) is 12.2. The summed E-state index contributed by atoms with van der Waals surface area (Å²) >= 11 is 0. The van der Waals surface area contributed by atoms with Crippen LogP contribution < -0.4 is 0 Å². The average molecular weight is 791 g/mol. The van der Waals surface area contributed by atoms with E-state index in [-0.39, 0.29) is 46.3 Å². The second kappa shape index (κ2) is 17.4. The molecule has 0 aliphatic rings. The van der Waals surface area contributed by atoms with Gasteiger partial charge in [0.25, 0.3) is 0 Å². The predicted molar refractivity (Wildman–Crippen MR) is 215 cm³/mol. The molecule has 0 spiro atoms. The standard InChI is InChI=1S/C46H46O12/c47-35-13-6-25(17-39(35)51)1-11-32(15-26-2-7-30(37(49)18-26)9-4-28-20-41(53)45(57)42(54)21-28)34(33-12-14-36(48)40(52)24-33)16-27-3-8-31(38(50)19-27)10-5-29-22-43(55)46(58)44(56)23-29/h2-3,6-8,12-14,17-24,32,34,47-58H,1,4-5,9-11,15-16H2/t32-,34-/m0/s1. The van der Waals surface area contributed by atoms with Crippen molar-refractivity contribution >= 4 is 0 Å². The van der Waals surface area contributed by atoms with Crippen molar-refractivity contribution in [2.45, 2.75) is 57.3 Å². The van der Waals surface area contributed by atoms with Crippen LogP contribution in [-0.2, 0) is 44.9 Å². The quantitative estimate of drug-likeness (QED) is 0.0452. The molecule has 12 N–H and O–H groups in total. The van der Waals surface area contributed by atoms with Gasteiger partial charge < -0.3 is 61.3 Å². The minimum atomic E-state index is -0.604. The molecule has 0 heterocycles. The first-order chi connectivity index (χ1) is 27.6. The molecule has 6 aromatic rings. The van der Waals surface area contributed by atoms with Crippen LogP contribution >= 0.6 is 0 Å². The van der Waals surface area contributed by atoms with Gasteiger partial charge in [-0.1, -0.05) is 36.4 Å². The van der Waals surface area contributed by atoms with E-state index >= 15 is 0 Å². The van der Waals surface area contributed by atoms with E-state index in [2.05, 4.69) is 0 Å². The summed E-state index contributed by atoms with van der Waals surface area (Å²) < 4.78 is 0. The molecule has 0 saturated heterocycles. The van der Waals surface area contributed by atoms with E-state index in [1.807, 2.05) is 12.1 Å². The highest BCUT2D eigenvalue weighted by molar-refractivity contribution is 5.53. The summed E-state index contributed by atoms with van der Waals surface area (Å²) in [5.74, 6) is -4.49. The van der Waals surface area contributed by atoms with Gasteiger partial charge in [0, 0.05) is 0 Å². The normalized spacial score (nSPS) is 12.3.